The number of carbonyl (C=O) groups is 1. The van der Waals surface area contributed by atoms with Crippen molar-refractivity contribution in [3.05, 3.63) is 0 Å². The molecule has 0 unspecified atom stereocenters. The van der Waals surface area contributed by atoms with Crippen molar-refractivity contribution >= 4 is 5.91 Å². The van der Waals surface area contributed by atoms with Crippen LogP contribution in [-0.4, -0.2) is 71.7 Å². The van der Waals surface area contributed by atoms with Crippen LogP contribution < -0.4 is 5.32 Å². The standard InChI is InChI=1S/C17H33N3O2/c1-3-16-13-19(10-11-20(16)12-14(2)21)9-8-17(22)18-15-6-4-5-7-15/h14-16,21H,3-13H2,1-2H3,(H,18,22)/t14-,16+/m1/s1. The van der Waals surface area contributed by atoms with Crippen LogP contribution in [0.5, 0.6) is 0 Å². The van der Waals surface area contributed by atoms with E-state index in [1.807, 2.05) is 6.92 Å². The molecule has 2 atom stereocenters. The van der Waals surface area contributed by atoms with Gasteiger partial charge in [0.05, 0.1) is 6.10 Å². The fourth-order valence-electron chi connectivity index (χ4n) is 3.76. The number of rotatable bonds is 7. The molecular formula is C17H33N3O2. The zero-order chi connectivity index (χ0) is 15.9. The zero-order valence-corrected chi connectivity index (χ0v) is 14.3. The van der Waals surface area contributed by atoms with Gasteiger partial charge in [0, 0.05) is 51.2 Å². The SMILES string of the molecule is CC[C@H]1CN(CCC(=O)NC2CCCC2)CCN1C[C@@H](C)O. The molecule has 1 saturated heterocycles. The highest BCUT2D eigenvalue weighted by atomic mass is 16.3. The predicted molar refractivity (Wildman–Crippen MR) is 88.8 cm³/mol. The largest absolute Gasteiger partial charge is 0.392 e. The molecule has 2 fully saturated rings. The molecule has 0 bridgehead atoms. The molecule has 0 aromatic rings. The van der Waals surface area contributed by atoms with Gasteiger partial charge in [0.2, 0.25) is 5.91 Å². The summed E-state index contributed by atoms with van der Waals surface area (Å²) in [6.45, 7) is 8.68. The van der Waals surface area contributed by atoms with Gasteiger partial charge in [-0.25, -0.2) is 0 Å². The Kier molecular flexibility index (Phi) is 7.12. The average Bonchev–Trinajstić information content (AvgIpc) is 2.98. The molecule has 1 amide bonds. The molecule has 5 heteroatoms. The predicted octanol–water partition coefficient (Wildman–Crippen LogP) is 1.21. The first-order chi connectivity index (χ1) is 10.6. The highest BCUT2D eigenvalue weighted by molar-refractivity contribution is 5.76. The van der Waals surface area contributed by atoms with Crippen molar-refractivity contribution in [2.24, 2.45) is 0 Å². The van der Waals surface area contributed by atoms with Crippen LogP contribution in [0.25, 0.3) is 0 Å². The van der Waals surface area contributed by atoms with Crippen LogP contribution >= 0.6 is 0 Å². The third-order valence-electron chi connectivity index (χ3n) is 5.03. The van der Waals surface area contributed by atoms with E-state index in [0.29, 0.717) is 18.5 Å². The molecule has 0 aromatic heterocycles. The lowest BCUT2D eigenvalue weighted by Crippen LogP contribution is -2.54. The number of hydrogen-bond acceptors (Lipinski definition) is 4. The lowest BCUT2D eigenvalue weighted by atomic mass is 10.1. The maximum atomic E-state index is 12.0. The summed E-state index contributed by atoms with van der Waals surface area (Å²) in [6.07, 6.45) is 6.27. The zero-order valence-electron chi connectivity index (χ0n) is 14.3. The summed E-state index contributed by atoms with van der Waals surface area (Å²) in [5.41, 5.74) is 0. The Balaban J connectivity index is 1.69. The summed E-state index contributed by atoms with van der Waals surface area (Å²) in [5, 5.41) is 12.8. The lowest BCUT2D eigenvalue weighted by molar-refractivity contribution is -0.122. The molecule has 1 aliphatic heterocycles. The summed E-state index contributed by atoms with van der Waals surface area (Å²) in [4.78, 5) is 16.8. The third kappa shape index (κ3) is 5.52. The van der Waals surface area contributed by atoms with Crippen molar-refractivity contribution in [2.45, 2.75) is 70.6 Å². The Morgan fingerprint density at radius 1 is 1.32 bits per heavy atom. The number of nitrogens with zero attached hydrogens (tertiary/aromatic N) is 2. The second kappa shape index (κ2) is 8.85. The molecule has 5 nitrogen and oxygen atoms in total. The molecule has 1 heterocycles. The fraction of sp³-hybridized carbons (Fsp3) is 0.941. The van der Waals surface area contributed by atoms with Gasteiger partial charge in [0.15, 0.2) is 0 Å². The summed E-state index contributed by atoms with van der Waals surface area (Å²) >= 11 is 0. The van der Waals surface area contributed by atoms with Crippen molar-refractivity contribution < 1.29 is 9.90 Å². The number of aliphatic hydroxyl groups is 1. The van der Waals surface area contributed by atoms with Crippen molar-refractivity contribution in [3.8, 4) is 0 Å². The van der Waals surface area contributed by atoms with Crippen LogP contribution in [0.3, 0.4) is 0 Å². The normalized spacial score (nSPS) is 26.2. The Bertz CT molecular complexity index is 343. The maximum Gasteiger partial charge on any atom is 0.221 e. The summed E-state index contributed by atoms with van der Waals surface area (Å²) in [5.74, 6) is 0.214. The third-order valence-corrected chi connectivity index (χ3v) is 5.03. The Morgan fingerprint density at radius 3 is 2.68 bits per heavy atom. The van der Waals surface area contributed by atoms with Gasteiger partial charge in [-0.05, 0) is 26.2 Å². The van der Waals surface area contributed by atoms with Crippen molar-refractivity contribution in [1.29, 1.82) is 0 Å². The molecule has 0 aromatic carbocycles. The van der Waals surface area contributed by atoms with E-state index in [0.717, 1.165) is 52.0 Å². The molecule has 1 aliphatic carbocycles. The van der Waals surface area contributed by atoms with E-state index in [4.69, 9.17) is 0 Å². The number of nitrogens with one attached hydrogen (secondary N) is 1. The van der Waals surface area contributed by atoms with Gasteiger partial charge in [-0.3, -0.25) is 14.6 Å². The van der Waals surface area contributed by atoms with Gasteiger partial charge in [-0.1, -0.05) is 19.8 Å². The van der Waals surface area contributed by atoms with Gasteiger partial charge in [0.1, 0.15) is 0 Å². The van der Waals surface area contributed by atoms with Crippen molar-refractivity contribution in [2.75, 3.05) is 32.7 Å². The van der Waals surface area contributed by atoms with Crippen LogP contribution in [-0.2, 0) is 4.79 Å². The van der Waals surface area contributed by atoms with Crippen LogP contribution in [0.2, 0.25) is 0 Å². The maximum absolute atomic E-state index is 12.0. The van der Waals surface area contributed by atoms with Crippen LogP contribution in [0, 0.1) is 0 Å². The molecular weight excluding hydrogens is 278 g/mol. The molecule has 2 rings (SSSR count). The van der Waals surface area contributed by atoms with Crippen LogP contribution in [0.4, 0.5) is 0 Å². The molecule has 1 saturated carbocycles. The Labute approximate surface area is 135 Å². The number of carbonyl (C=O) groups excluding carboxylic acids is 1. The second-order valence-electron chi connectivity index (χ2n) is 7.01. The van der Waals surface area contributed by atoms with E-state index in [1.54, 1.807) is 0 Å². The minimum absolute atomic E-state index is 0.214. The average molecular weight is 311 g/mol. The summed E-state index contributed by atoms with van der Waals surface area (Å²) in [6, 6.07) is 0.931. The van der Waals surface area contributed by atoms with Gasteiger partial charge < -0.3 is 10.4 Å². The van der Waals surface area contributed by atoms with Crippen molar-refractivity contribution in [3.63, 3.8) is 0 Å². The first-order valence-electron chi connectivity index (χ1n) is 9.02. The number of hydrogen-bond donors (Lipinski definition) is 2. The topological polar surface area (TPSA) is 55.8 Å². The van der Waals surface area contributed by atoms with E-state index in [1.165, 1.54) is 12.8 Å². The number of piperazine rings is 1. The lowest BCUT2D eigenvalue weighted by Gasteiger charge is -2.41. The van der Waals surface area contributed by atoms with Gasteiger partial charge in [-0.15, -0.1) is 0 Å². The number of aliphatic hydroxyl groups excluding tert-OH is 1. The first kappa shape index (κ1) is 17.7. The fourth-order valence-corrected chi connectivity index (χ4v) is 3.76. The Morgan fingerprint density at radius 2 is 2.05 bits per heavy atom. The monoisotopic (exact) mass is 311 g/mol. The minimum Gasteiger partial charge on any atom is -0.392 e. The smallest absolute Gasteiger partial charge is 0.221 e. The van der Waals surface area contributed by atoms with Gasteiger partial charge in [-0.2, -0.15) is 0 Å². The van der Waals surface area contributed by atoms with Crippen molar-refractivity contribution in [1.82, 2.24) is 15.1 Å². The van der Waals surface area contributed by atoms with E-state index in [2.05, 4.69) is 22.0 Å². The van der Waals surface area contributed by atoms with Gasteiger partial charge in [0.25, 0.3) is 0 Å². The molecule has 2 aliphatic rings. The number of β-amino-alcohol motifs (C(OH)–C–C–N with tert-alkyl or cyclic N) is 1. The van der Waals surface area contributed by atoms with Crippen LogP contribution in [0.15, 0.2) is 0 Å². The molecule has 128 valence electrons. The molecule has 22 heavy (non-hydrogen) atoms. The highest BCUT2D eigenvalue weighted by Gasteiger charge is 2.26. The Hall–Kier alpha value is -0.650. The molecule has 0 radical (unpaired) electrons. The molecule has 0 spiro atoms. The van der Waals surface area contributed by atoms with E-state index < -0.39 is 0 Å². The summed E-state index contributed by atoms with van der Waals surface area (Å²) in [7, 11) is 0. The quantitative estimate of drug-likeness (QED) is 0.742. The highest BCUT2D eigenvalue weighted by Crippen LogP contribution is 2.18. The second-order valence-corrected chi connectivity index (χ2v) is 7.01. The van der Waals surface area contributed by atoms with Crippen LogP contribution in [0.1, 0.15) is 52.4 Å². The van der Waals surface area contributed by atoms with E-state index in [-0.39, 0.29) is 12.0 Å². The minimum atomic E-state index is -0.266. The van der Waals surface area contributed by atoms with E-state index >= 15 is 0 Å². The summed E-state index contributed by atoms with van der Waals surface area (Å²) < 4.78 is 0. The van der Waals surface area contributed by atoms with E-state index in [9.17, 15) is 9.90 Å². The van der Waals surface area contributed by atoms with Gasteiger partial charge >= 0.3 is 0 Å². The number of amides is 1. The molecule has 2 N–H and O–H groups in total. The first-order valence-corrected chi connectivity index (χ1v) is 9.02.